The van der Waals surface area contributed by atoms with Gasteiger partial charge in [0.1, 0.15) is 5.75 Å². The maximum atomic E-state index is 12.3. The third kappa shape index (κ3) is 5.85. The lowest BCUT2D eigenvalue weighted by molar-refractivity contribution is -0.151. The van der Waals surface area contributed by atoms with Crippen LogP contribution in [0.5, 0.6) is 5.75 Å². The van der Waals surface area contributed by atoms with Crippen LogP contribution < -0.4 is 4.74 Å². The molecule has 0 bridgehead atoms. The van der Waals surface area contributed by atoms with Crippen LogP contribution in [0.1, 0.15) is 23.6 Å². The normalized spacial score (nSPS) is 11.9. The average Bonchev–Trinajstić information content (AvgIpc) is 2.74. The number of carbonyl (C=O) groups is 1. The van der Waals surface area contributed by atoms with Crippen LogP contribution in [0.4, 0.5) is 0 Å². The molecule has 0 saturated carbocycles. The summed E-state index contributed by atoms with van der Waals surface area (Å²) in [7, 11) is 0. The fraction of sp³-hybridized carbons (Fsp3) is 0.160. The van der Waals surface area contributed by atoms with E-state index in [4.69, 9.17) is 9.47 Å². The van der Waals surface area contributed by atoms with E-state index in [9.17, 15) is 4.79 Å². The van der Waals surface area contributed by atoms with Crippen LogP contribution in [0.2, 0.25) is 0 Å². The molecule has 0 heterocycles. The van der Waals surface area contributed by atoms with Gasteiger partial charge in [-0.2, -0.15) is 0 Å². The van der Waals surface area contributed by atoms with E-state index in [1.165, 1.54) is 0 Å². The fourth-order valence-electron chi connectivity index (χ4n) is 2.81. The second kappa shape index (κ2) is 10.1. The Bertz CT molecular complexity index is 884. The van der Waals surface area contributed by atoms with Crippen LogP contribution in [-0.2, 0) is 16.0 Å². The molecule has 0 amide bonds. The highest BCUT2D eigenvalue weighted by molar-refractivity contribution is 5.75. The van der Waals surface area contributed by atoms with Crippen molar-refractivity contribution in [3.8, 4) is 5.75 Å². The summed E-state index contributed by atoms with van der Waals surface area (Å²) in [5.74, 6) is 0.297. The molecule has 0 aliphatic rings. The topological polar surface area (TPSA) is 35.5 Å². The molecule has 0 aliphatic carbocycles. The maximum Gasteiger partial charge on any atom is 0.347 e. The third-order valence-corrected chi connectivity index (χ3v) is 4.24. The number of carbonyl (C=O) groups excluding carboxylic acids is 1. The van der Waals surface area contributed by atoms with Gasteiger partial charge in [0.05, 0.1) is 6.61 Å². The highest BCUT2D eigenvalue weighted by Crippen LogP contribution is 2.18. The molecule has 0 fully saturated rings. The van der Waals surface area contributed by atoms with Gasteiger partial charge in [-0.1, -0.05) is 84.9 Å². The smallest absolute Gasteiger partial charge is 0.347 e. The minimum absolute atomic E-state index is 0.330. The van der Waals surface area contributed by atoms with Crippen LogP contribution in [0, 0.1) is 0 Å². The molecule has 3 aromatic rings. The van der Waals surface area contributed by atoms with Crippen molar-refractivity contribution in [2.45, 2.75) is 19.4 Å². The van der Waals surface area contributed by atoms with Gasteiger partial charge in [-0.25, -0.2) is 4.79 Å². The van der Waals surface area contributed by atoms with Crippen molar-refractivity contribution < 1.29 is 14.3 Å². The van der Waals surface area contributed by atoms with Crippen LogP contribution in [0.3, 0.4) is 0 Å². The Labute approximate surface area is 166 Å². The van der Waals surface area contributed by atoms with Gasteiger partial charge in [0.2, 0.25) is 0 Å². The predicted octanol–water partition coefficient (Wildman–Crippen LogP) is 5.41. The largest absolute Gasteiger partial charge is 0.478 e. The Balaban J connectivity index is 1.68. The summed E-state index contributed by atoms with van der Waals surface area (Å²) in [6.07, 6.45) is 3.90. The van der Waals surface area contributed by atoms with E-state index in [0.717, 1.165) is 16.7 Å². The molecule has 0 unspecified atom stereocenters. The highest BCUT2D eigenvalue weighted by Gasteiger charge is 2.22. The Morgan fingerprint density at radius 2 is 1.39 bits per heavy atom. The van der Waals surface area contributed by atoms with E-state index in [2.05, 4.69) is 18.2 Å². The predicted molar refractivity (Wildman–Crippen MR) is 113 cm³/mol. The molecule has 0 radical (unpaired) electrons. The molecule has 3 rings (SSSR count). The molecule has 3 aromatic carbocycles. The Kier molecular flexibility index (Phi) is 7.02. The molecule has 0 aromatic heterocycles. The van der Waals surface area contributed by atoms with E-state index < -0.39 is 6.10 Å². The zero-order valence-electron chi connectivity index (χ0n) is 16.0. The van der Waals surface area contributed by atoms with Crippen molar-refractivity contribution in [1.82, 2.24) is 0 Å². The molecule has 0 N–H and O–H groups in total. The molecular weight excluding hydrogens is 348 g/mol. The van der Waals surface area contributed by atoms with E-state index in [1.54, 1.807) is 6.92 Å². The molecule has 1 atom stereocenters. The summed E-state index contributed by atoms with van der Waals surface area (Å²) < 4.78 is 11.1. The van der Waals surface area contributed by atoms with Crippen LogP contribution >= 0.6 is 0 Å². The van der Waals surface area contributed by atoms with Crippen molar-refractivity contribution >= 4 is 18.1 Å². The summed E-state index contributed by atoms with van der Waals surface area (Å²) >= 11 is 0. The molecule has 0 aliphatic heterocycles. The number of hydrogen-bond acceptors (Lipinski definition) is 3. The quantitative estimate of drug-likeness (QED) is 0.392. The Morgan fingerprint density at radius 3 is 2.00 bits per heavy atom. The minimum Gasteiger partial charge on any atom is -0.478 e. The highest BCUT2D eigenvalue weighted by atomic mass is 16.6. The summed E-state index contributed by atoms with van der Waals surface area (Å²) in [4.78, 5) is 12.3. The molecule has 0 spiro atoms. The number of rotatable bonds is 8. The standard InChI is InChI=1S/C25H24O3/c1-2-27-25(26)24(19-22-11-7-4-8-12-22)28-23-17-15-21(16-18-23)14-13-20-9-5-3-6-10-20/h3-18,24H,2,19H2,1H3/b14-13+/t24-/m1/s1. The summed E-state index contributed by atoms with van der Waals surface area (Å²) in [5.41, 5.74) is 3.24. The maximum absolute atomic E-state index is 12.3. The number of ether oxygens (including phenoxy) is 2. The average molecular weight is 372 g/mol. The van der Waals surface area contributed by atoms with Gasteiger partial charge in [0.25, 0.3) is 0 Å². The van der Waals surface area contributed by atoms with Crippen LogP contribution in [0.25, 0.3) is 12.2 Å². The number of benzene rings is 3. The van der Waals surface area contributed by atoms with Gasteiger partial charge in [-0.15, -0.1) is 0 Å². The summed E-state index contributed by atoms with van der Waals surface area (Å²) in [6.45, 7) is 2.13. The van der Waals surface area contributed by atoms with E-state index in [-0.39, 0.29) is 5.97 Å². The van der Waals surface area contributed by atoms with Gasteiger partial charge >= 0.3 is 5.97 Å². The zero-order chi connectivity index (χ0) is 19.6. The van der Waals surface area contributed by atoms with Gasteiger partial charge in [-0.3, -0.25) is 0 Å². The summed E-state index contributed by atoms with van der Waals surface area (Å²) in [5, 5.41) is 0. The van der Waals surface area contributed by atoms with Crippen molar-refractivity contribution in [3.05, 3.63) is 102 Å². The number of hydrogen-bond donors (Lipinski definition) is 0. The summed E-state index contributed by atoms with van der Waals surface area (Å²) in [6, 6.07) is 27.6. The SMILES string of the molecule is CCOC(=O)[C@@H](Cc1ccccc1)Oc1ccc(/C=C/c2ccccc2)cc1. The first-order valence-corrected chi connectivity index (χ1v) is 9.45. The van der Waals surface area contributed by atoms with E-state index >= 15 is 0 Å². The first-order valence-electron chi connectivity index (χ1n) is 9.45. The first-order chi connectivity index (χ1) is 13.7. The van der Waals surface area contributed by atoms with Crippen molar-refractivity contribution in [2.75, 3.05) is 6.61 Å². The molecule has 3 heteroatoms. The number of esters is 1. The lowest BCUT2D eigenvalue weighted by Gasteiger charge is -2.18. The van der Waals surface area contributed by atoms with E-state index in [1.807, 2.05) is 78.9 Å². The zero-order valence-corrected chi connectivity index (χ0v) is 16.0. The second-order valence-corrected chi connectivity index (χ2v) is 6.36. The van der Waals surface area contributed by atoms with Crippen LogP contribution in [0.15, 0.2) is 84.9 Å². The van der Waals surface area contributed by atoms with Crippen molar-refractivity contribution in [1.29, 1.82) is 0 Å². The molecule has 142 valence electrons. The van der Waals surface area contributed by atoms with E-state index in [0.29, 0.717) is 18.8 Å². The van der Waals surface area contributed by atoms with Crippen LogP contribution in [-0.4, -0.2) is 18.7 Å². The van der Waals surface area contributed by atoms with Crippen molar-refractivity contribution in [3.63, 3.8) is 0 Å². The van der Waals surface area contributed by atoms with Gasteiger partial charge < -0.3 is 9.47 Å². The molecule has 28 heavy (non-hydrogen) atoms. The fourth-order valence-corrected chi connectivity index (χ4v) is 2.81. The lowest BCUT2D eigenvalue weighted by atomic mass is 10.1. The van der Waals surface area contributed by atoms with Crippen molar-refractivity contribution in [2.24, 2.45) is 0 Å². The monoisotopic (exact) mass is 372 g/mol. The Hall–Kier alpha value is -3.33. The molecule has 0 saturated heterocycles. The molecular formula is C25H24O3. The van der Waals surface area contributed by atoms with Gasteiger partial charge in [0, 0.05) is 6.42 Å². The van der Waals surface area contributed by atoms with Gasteiger partial charge in [0.15, 0.2) is 6.10 Å². The van der Waals surface area contributed by atoms with Gasteiger partial charge in [-0.05, 0) is 35.7 Å². The third-order valence-electron chi connectivity index (χ3n) is 4.24. The first kappa shape index (κ1) is 19.4. The minimum atomic E-state index is -0.673. The lowest BCUT2D eigenvalue weighted by Crippen LogP contribution is -2.31. The molecule has 3 nitrogen and oxygen atoms in total. The Morgan fingerprint density at radius 1 is 0.821 bits per heavy atom. The second-order valence-electron chi connectivity index (χ2n) is 6.36.